The third kappa shape index (κ3) is 3.95. The Bertz CT molecular complexity index is 432. The Labute approximate surface area is 119 Å². The molecule has 1 fully saturated rings. The van der Waals surface area contributed by atoms with Crippen LogP contribution in [0.1, 0.15) is 25.8 Å². The van der Waals surface area contributed by atoms with Crippen LogP contribution in [-0.2, 0) is 16.0 Å². The van der Waals surface area contributed by atoms with Gasteiger partial charge in [0.1, 0.15) is 0 Å². The number of ether oxygens (including phenoxy) is 1. The standard InChI is InChI=1S/C15H20ClNO2/c1-11-10-19-12(2)9-17(11)15(18)8-5-13-3-6-14(16)7-4-13/h3-4,6-7,11-12H,5,8-10H2,1-2H3. The molecule has 1 aliphatic rings. The second kappa shape index (κ2) is 6.40. The lowest BCUT2D eigenvalue weighted by Crippen LogP contribution is -2.50. The van der Waals surface area contributed by atoms with Crippen LogP contribution in [0.25, 0.3) is 0 Å². The maximum atomic E-state index is 12.2. The van der Waals surface area contributed by atoms with Crippen molar-refractivity contribution >= 4 is 17.5 Å². The summed E-state index contributed by atoms with van der Waals surface area (Å²) in [6, 6.07) is 7.85. The fraction of sp³-hybridized carbons (Fsp3) is 0.533. The number of carbonyl (C=O) groups excluding carboxylic acids is 1. The smallest absolute Gasteiger partial charge is 0.223 e. The van der Waals surface area contributed by atoms with E-state index in [2.05, 4.69) is 0 Å². The minimum absolute atomic E-state index is 0.135. The first-order valence-electron chi connectivity index (χ1n) is 6.72. The minimum Gasteiger partial charge on any atom is -0.375 e. The van der Waals surface area contributed by atoms with Gasteiger partial charge in [0, 0.05) is 18.0 Å². The second-order valence-corrected chi connectivity index (χ2v) is 5.60. The van der Waals surface area contributed by atoms with Gasteiger partial charge in [0.2, 0.25) is 5.91 Å². The molecule has 3 nitrogen and oxygen atoms in total. The molecule has 0 spiro atoms. The highest BCUT2D eigenvalue weighted by molar-refractivity contribution is 6.30. The van der Waals surface area contributed by atoms with E-state index in [1.165, 1.54) is 0 Å². The van der Waals surface area contributed by atoms with Gasteiger partial charge >= 0.3 is 0 Å². The molecule has 0 bridgehead atoms. The summed E-state index contributed by atoms with van der Waals surface area (Å²) in [5.74, 6) is 0.206. The van der Waals surface area contributed by atoms with Crippen molar-refractivity contribution in [3.05, 3.63) is 34.9 Å². The van der Waals surface area contributed by atoms with Crippen molar-refractivity contribution in [3.63, 3.8) is 0 Å². The number of amides is 1. The van der Waals surface area contributed by atoms with Crippen LogP contribution < -0.4 is 0 Å². The van der Waals surface area contributed by atoms with Crippen LogP contribution in [-0.4, -0.2) is 36.1 Å². The molecule has 1 amide bonds. The molecule has 104 valence electrons. The molecule has 0 aliphatic carbocycles. The Kier molecular flexibility index (Phi) is 4.83. The summed E-state index contributed by atoms with van der Waals surface area (Å²) in [6.07, 6.45) is 1.43. The highest BCUT2D eigenvalue weighted by Gasteiger charge is 2.26. The van der Waals surface area contributed by atoms with E-state index in [0.29, 0.717) is 19.6 Å². The average Bonchev–Trinajstić information content (AvgIpc) is 2.40. The van der Waals surface area contributed by atoms with Crippen molar-refractivity contribution in [1.29, 1.82) is 0 Å². The van der Waals surface area contributed by atoms with E-state index in [1.807, 2.05) is 43.0 Å². The zero-order valence-corrected chi connectivity index (χ0v) is 12.2. The van der Waals surface area contributed by atoms with E-state index in [4.69, 9.17) is 16.3 Å². The Hall–Kier alpha value is -1.06. The van der Waals surface area contributed by atoms with Gasteiger partial charge in [0.25, 0.3) is 0 Å². The van der Waals surface area contributed by atoms with Crippen molar-refractivity contribution in [3.8, 4) is 0 Å². The van der Waals surface area contributed by atoms with Gasteiger partial charge in [0.15, 0.2) is 0 Å². The van der Waals surface area contributed by atoms with Gasteiger partial charge in [-0.2, -0.15) is 0 Å². The molecule has 2 unspecified atom stereocenters. The van der Waals surface area contributed by atoms with Crippen molar-refractivity contribution in [2.24, 2.45) is 0 Å². The second-order valence-electron chi connectivity index (χ2n) is 5.17. The van der Waals surface area contributed by atoms with Gasteiger partial charge < -0.3 is 9.64 Å². The number of carbonyl (C=O) groups is 1. The number of morpholine rings is 1. The topological polar surface area (TPSA) is 29.5 Å². The van der Waals surface area contributed by atoms with Crippen LogP contribution in [0.5, 0.6) is 0 Å². The van der Waals surface area contributed by atoms with Crippen molar-refractivity contribution in [1.82, 2.24) is 4.90 Å². The lowest BCUT2D eigenvalue weighted by atomic mass is 10.1. The fourth-order valence-corrected chi connectivity index (χ4v) is 2.42. The maximum Gasteiger partial charge on any atom is 0.223 e. The molecule has 4 heteroatoms. The first-order chi connectivity index (χ1) is 9.06. The van der Waals surface area contributed by atoms with Gasteiger partial charge in [0.05, 0.1) is 18.8 Å². The molecule has 1 saturated heterocycles. The Morgan fingerprint density at radius 3 is 2.74 bits per heavy atom. The number of aryl methyl sites for hydroxylation is 1. The van der Waals surface area contributed by atoms with E-state index in [1.54, 1.807) is 0 Å². The van der Waals surface area contributed by atoms with Crippen LogP contribution in [0, 0.1) is 0 Å². The van der Waals surface area contributed by atoms with Crippen LogP contribution in [0.2, 0.25) is 5.02 Å². The Balaban J connectivity index is 1.88. The van der Waals surface area contributed by atoms with Gasteiger partial charge in [-0.05, 0) is 38.0 Å². The number of hydrogen-bond acceptors (Lipinski definition) is 2. The van der Waals surface area contributed by atoms with Gasteiger partial charge in [-0.3, -0.25) is 4.79 Å². The number of benzene rings is 1. The molecule has 1 aromatic carbocycles. The normalized spacial score (nSPS) is 23.4. The lowest BCUT2D eigenvalue weighted by Gasteiger charge is -2.36. The van der Waals surface area contributed by atoms with E-state index in [-0.39, 0.29) is 18.1 Å². The Morgan fingerprint density at radius 1 is 1.37 bits per heavy atom. The quantitative estimate of drug-likeness (QED) is 0.853. The van der Waals surface area contributed by atoms with Crippen LogP contribution in [0.3, 0.4) is 0 Å². The summed E-state index contributed by atoms with van der Waals surface area (Å²) >= 11 is 5.84. The van der Waals surface area contributed by atoms with Gasteiger partial charge in [-0.15, -0.1) is 0 Å². The van der Waals surface area contributed by atoms with Crippen molar-refractivity contribution in [2.75, 3.05) is 13.2 Å². The van der Waals surface area contributed by atoms with E-state index < -0.39 is 0 Å². The molecule has 0 saturated carbocycles. The molecule has 2 atom stereocenters. The summed E-state index contributed by atoms with van der Waals surface area (Å²) in [4.78, 5) is 14.2. The van der Waals surface area contributed by atoms with Crippen LogP contribution in [0.4, 0.5) is 0 Å². The number of halogens is 1. The number of hydrogen-bond donors (Lipinski definition) is 0. The summed E-state index contributed by atoms with van der Waals surface area (Å²) in [5, 5.41) is 0.728. The molecule has 1 heterocycles. The number of nitrogens with zero attached hydrogens (tertiary/aromatic N) is 1. The molecular formula is C15H20ClNO2. The SMILES string of the molecule is CC1CN(C(=O)CCc2ccc(Cl)cc2)C(C)CO1. The van der Waals surface area contributed by atoms with E-state index in [0.717, 1.165) is 17.0 Å². The van der Waals surface area contributed by atoms with Crippen molar-refractivity contribution in [2.45, 2.75) is 38.8 Å². The highest BCUT2D eigenvalue weighted by Crippen LogP contribution is 2.15. The summed E-state index contributed by atoms with van der Waals surface area (Å²) < 4.78 is 5.54. The molecule has 1 aromatic rings. The minimum atomic E-state index is 0.135. The molecule has 2 rings (SSSR count). The summed E-state index contributed by atoms with van der Waals surface area (Å²) in [7, 11) is 0. The molecule has 0 radical (unpaired) electrons. The zero-order valence-electron chi connectivity index (χ0n) is 11.4. The van der Waals surface area contributed by atoms with E-state index in [9.17, 15) is 4.79 Å². The molecular weight excluding hydrogens is 262 g/mol. The molecule has 1 aliphatic heterocycles. The van der Waals surface area contributed by atoms with Gasteiger partial charge in [-0.1, -0.05) is 23.7 Å². The van der Waals surface area contributed by atoms with Crippen LogP contribution in [0.15, 0.2) is 24.3 Å². The Morgan fingerprint density at radius 2 is 2.05 bits per heavy atom. The highest BCUT2D eigenvalue weighted by atomic mass is 35.5. The third-order valence-corrected chi connectivity index (χ3v) is 3.72. The largest absolute Gasteiger partial charge is 0.375 e. The van der Waals surface area contributed by atoms with E-state index >= 15 is 0 Å². The fourth-order valence-electron chi connectivity index (χ4n) is 2.30. The monoisotopic (exact) mass is 281 g/mol. The molecule has 19 heavy (non-hydrogen) atoms. The zero-order chi connectivity index (χ0) is 13.8. The predicted octanol–water partition coefficient (Wildman–Crippen LogP) is 2.91. The maximum absolute atomic E-state index is 12.2. The third-order valence-electron chi connectivity index (χ3n) is 3.47. The summed E-state index contributed by atoms with van der Waals surface area (Å²) in [5.41, 5.74) is 1.15. The van der Waals surface area contributed by atoms with Gasteiger partial charge in [-0.25, -0.2) is 0 Å². The van der Waals surface area contributed by atoms with Crippen molar-refractivity contribution < 1.29 is 9.53 Å². The number of rotatable bonds is 3. The molecule has 0 N–H and O–H groups in total. The van der Waals surface area contributed by atoms with Crippen LogP contribution >= 0.6 is 11.6 Å². The average molecular weight is 282 g/mol. The predicted molar refractivity (Wildman–Crippen MR) is 76.4 cm³/mol. The lowest BCUT2D eigenvalue weighted by molar-refractivity contribution is -0.143. The first-order valence-corrected chi connectivity index (χ1v) is 7.09. The molecule has 0 aromatic heterocycles. The summed E-state index contributed by atoms with van der Waals surface area (Å²) in [6.45, 7) is 5.37. The first kappa shape index (κ1) is 14.4.